The van der Waals surface area contributed by atoms with Crippen LogP contribution in [0.25, 0.3) is 0 Å². The molecule has 0 bridgehead atoms. The second-order valence-electron chi connectivity index (χ2n) is 3.52. The quantitative estimate of drug-likeness (QED) is 0.697. The minimum atomic E-state index is -0.0749. The first-order chi connectivity index (χ1) is 6.72. The van der Waals surface area contributed by atoms with Gasteiger partial charge in [0.25, 0.3) is 5.56 Å². The molecule has 5 nitrogen and oxygen atoms in total. The van der Waals surface area contributed by atoms with Crippen LogP contribution < -0.4 is 16.6 Å². The molecule has 2 atom stereocenters. The monoisotopic (exact) mass is 194 g/mol. The smallest absolute Gasteiger partial charge is 0.293 e. The molecule has 5 heteroatoms. The molecule has 0 aliphatic heterocycles. The highest BCUT2D eigenvalue weighted by atomic mass is 16.1. The Hall–Kier alpha value is -1.36. The van der Waals surface area contributed by atoms with Crippen molar-refractivity contribution in [2.75, 3.05) is 5.32 Å². The van der Waals surface area contributed by atoms with E-state index in [0.29, 0.717) is 12.4 Å². The third kappa shape index (κ3) is 1.63. The number of nitrogens with zero attached hydrogens (tertiary/aromatic N) is 2. The number of nitrogens with two attached hydrogens (primary N) is 1. The van der Waals surface area contributed by atoms with E-state index in [0.717, 1.165) is 6.42 Å². The van der Waals surface area contributed by atoms with E-state index in [-0.39, 0.29) is 17.6 Å². The van der Waals surface area contributed by atoms with Crippen molar-refractivity contribution in [2.45, 2.75) is 32.0 Å². The number of hydrogen-bond acceptors (Lipinski definition) is 4. The SMILES string of the molecule is CCn1ccnc(NC2CC2N)c1=O. The molecule has 1 aliphatic carbocycles. The first-order valence-electron chi connectivity index (χ1n) is 4.80. The number of aromatic nitrogens is 2. The fourth-order valence-corrected chi connectivity index (χ4v) is 1.35. The zero-order valence-corrected chi connectivity index (χ0v) is 8.10. The molecule has 2 unspecified atom stereocenters. The first kappa shape index (κ1) is 9.21. The average Bonchev–Trinajstić information content (AvgIpc) is 2.86. The molecule has 1 heterocycles. The predicted molar refractivity (Wildman–Crippen MR) is 54.2 cm³/mol. The highest BCUT2D eigenvalue weighted by Crippen LogP contribution is 2.21. The molecule has 3 N–H and O–H groups in total. The van der Waals surface area contributed by atoms with Gasteiger partial charge in [-0.2, -0.15) is 0 Å². The summed E-state index contributed by atoms with van der Waals surface area (Å²) < 4.78 is 1.61. The van der Waals surface area contributed by atoms with Gasteiger partial charge in [0.1, 0.15) is 0 Å². The summed E-state index contributed by atoms with van der Waals surface area (Å²) in [5, 5.41) is 3.04. The lowest BCUT2D eigenvalue weighted by Gasteiger charge is -2.05. The first-order valence-corrected chi connectivity index (χ1v) is 4.80. The summed E-state index contributed by atoms with van der Waals surface area (Å²) in [6, 6.07) is 0.398. The lowest BCUT2D eigenvalue weighted by molar-refractivity contribution is 0.718. The topological polar surface area (TPSA) is 72.9 Å². The van der Waals surface area contributed by atoms with E-state index >= 15 is 0 Å². The van der Waals surface area contributed by atoms with E-state index in [1.165, 1.54) is 0 Å². The molecular weight excluding hydrogens is 180 g/mol. The van der Waals surface area contributed by atoms with E-state index in [2.05, 4.69) is 10.3 Å². The van der Waals surface area contributed by atoms with Crippen LogP contribution in [0.5, 0.6) is 0 Å². The summed E-state index contributed by atoms with van der Waals surface area (Å²) in [4.78, 5) is 15.7. The van der Waals surface area contributed by atoms with Crippen LogP contribution in [0.4, 0.5) is 5.82 Å². The lowest BCUT2D eigenvalue weighted by Crippen LogP contribution is -2.26. The molecule has 1 aromatic heterocycles. The molecule has 14 heavy (non-hydrogen) atoms. The van der Waals surface area contributed by atoms with Gasteiger partial charge in [0, 0.05) is 31.0 Å². The van der Waals surface area contributed by atoms with Crippen LogP contribution in [-0.4, -0.2) is 21.6 Å². The Morgan fingerprint density at radius 2 is 2.50 bits per heavy atom. The largest absolute Gasteiger partial charge is 0.361 e. The number of rotatable bonds is 3. The van der Waals surface area contributed by atoms with Gasteiger partial charge < -0.3 is 15.6 Å². The van der Waals surface area contributed by atoms with Gasteiger partial charge in [-0.3, -0.25) is 4.79 Å². The van der Waals surface area contributed by atoms with Crippen LogP contribution in [0.3, 0.4) is 0 Å². The molecule has 76 valence electrons. The minimum Gasteiger partial charge on any atom is -0.361 e. The van der Waals surface area contributed by atoms with E-state index in [1.54, 1.807) is 17.0 Å². The van der Waals surface area contributed by atoms with Crippen molar-refractivity contribution in [3.05, 3.63) is 22.7 Å². The summed E-state index contributed by atoms with van der Waals surface area (Å²) in [7, 11) is 0. The van der Waals surface area contributed by atoms with Gasteiger partial charge in [-0.1, -0.05) is 0 Å². The molecule has 1 saturated carbocycles. The van der Waals surface area contributed by atoms with Gasteiger partial charge in [0.05, 0.1) is 0 Å². The van der Waals surface area contributed by atoms with Gasteiger partial charge >= 0.3 is 0 Å². The van der Waals surface area contributed by atoms with Crippen molar-refractivity contribution in [3.63, 3.8) is 0 Å². The van der Waals surface area contributed by atoms with E-state index in [1.807, 2.05) is 6.92 Å². The maximum Gasteiger partial charge on any atom is 0.293 e. The molecule has 0 amide bonds. The van der Waals surface area contributed by atoms with Gasteiger partial charge in [0.2, 0.25) is 0 Å². The standard InChI is InChI=1S/C9H14N4O/c1-2-13-4-3-11-8(9(13)14)12-7-5-6(7)10/h3-4,6-7H,2,5,10H2,1H3,(H,11,12). The molecule has 0 aromatic carbocycles. The van der Waals surface area contributed by atoms with Crippen LogP contribution in [-0.2, 0) is 6.54 Å². The Morgan fingerprint density at radius 3 is 3.07 bits per heavy atom. The Bertz CT molecular complexity index is 387. The lowest BCUT2D eigenvalue weighted by atomic mass is 10.5. The predicted octanol–water partition coefficient (Wildman–Crippen LogP) is -0.225. The molecule has 1 aliphatic rings. The molecule has 0 saturated heterocycles. The number of hydrogen-bond donors (Lipinski definition) is 2. The highest BCUT2D eigenvalue weighted by molar-refractivity contribution is 5.35. The molecule has 0 spiro atoms. The van der Waals surface area contributed by atoms with Crippen LogP contribution in [0.1, 0.15) is 13.3 Å². The Kier molecular flexibility index (Phi) is 2.25. The van der Waals surface area contributed by atoms with Gasteiger partial charge in [-0.25, -0.2) is 4.98 Å². The fraction of sp³-hybridized carbons (Fsp3) is 0.556. The fourth-order valence-electron chi connectivity index (χ4n) is 1.35. The third-order valence-corrected chi connectivity index (χ3v) is 2.42. The van der Waals surface area contributed by atoms with Crippen molar-refractivity contribution in [1.29, 1.82) is 0 Å². The Morgan fingerprint density at radius 1 is 1.79 bits per heavy atom. The Balaban J connectivity index is 2.21. The third-order valence-electron chi connectivity index (χ3n) is 2.42. The molecule has 2 rings (SSSR count). The second kappa shape index (κ2) is 3.42. The van der Waals surface area contributed by atoms with Gasteiger partial charge in [0.15, 0.2) is 5.82 Å². The van der Waals surface area contributed by atoms with Crippen molar-refractivity contribution < 1.29 is 0 Å². The zero-order valence-electron chi connectivity index (χ0n) is 8.10. The number of anilines is 1. The Labute approximate surface area is 82.0 Å². The van der Waals surface area contributed by atoms with Gasteiger partial charge in [-0.05, 0) is 13.3 Å². The minimum absolute atomic E-state index is 0.0749. The molecule has 1 fully saturated rings. The normalized spacial score (nSPS) is 24.7. The summed E-state index contributed by atoms with van der Waals surface area (Å²) in [6.07, 6.45) is 4.23. The van der Waals surface area contributed by atoms with Crippen molar-refractivity contribution in [3.8, 4) is 0 Å². The van der Waals surface area contributed by atoms with E-state index in [9.17, 15) is 4.79 Å². The maximum atomic E-state index is 11.7. The average molecular weight is 194 g/mol. The van der Waals surface area contributed by atoms with Crippen LogP contribution in [0, 0.1) is 0 Å². The zero-order chi connectivity index (χ0) is 10.1. The molecule has 0 radical (unpaired) electrons. The van der Waals surface area contributed by atoms with E-state index < -0.39 is 0 Å². The maximum absolute atomic E-state index is 11.7. The summed E-state index contributed by atoms with van der Waals surface area (Å²) in [5.74, 6) is 0.410. The second-order valence-corrected chi connectivity index (χ2v) is 3.52. The van der Waals surface area contributed by atoms with Crippen LogP contribution in [0.15, 0.2) is 17.2 Å². The molecular formula is C9H14N4O. The number of aryl methyl sites for hydroxylation is 1. The summed E-state index contributed by atoms with van der Waals surface area (Å²) in [5.41, 5.74) is 5.56. The number of nitrogens with one attached hydrogen (secondary N) is 1. The van der Waals surface area contributed by atoms with Crippen molar-refractivity contribution >= 4 is 5.82 Å². The van der Waals surface area contributed by atoms with Gasteiger partial charge in [-0.15, -0.1) is 0 Å². The molecule has 1 aromatic rings. The van der Waals surface area contributed by atoms with Crippen LogP contribution in [0.2, 0.25) is 0 Å². The van der Waals surface area contributed by atoms with Crippen molar-refractivity contribution in [1.82, 2.24) is 9.55 Å². The van der Waals surface area contributed by atoms with Crippen LogP contribution >= 0.6 is 0 Å². The summed E-state index contributed by atoms with van der Waals surface area (Å²) in [6.45, 7) is 2.58. The summed E-state index contributed by atoms with van der Waals surface area (Å²) >= 11 is 0. The van der Waals surface area contributed by atoms with Crippen molar-refractivity contribution in [2.24, 2.45) is 5.73 Å². The van der Waals surface area contributed by atoms with E-state index in [4.69, 9.17) is 5.73 Å². The highest BCUT2D eigenvalue weighted by Gasteiger charge is 2.34.